The fourth-order valence-corrected chi connectivity index (χ4v) is 4.88. The molecule has 0 saturated heterocycles. The maximum atomic E-state index is 12.8. The van der Waals surface area contributed by atoms with Crippen molar-refractivity contribution in [3.05, 3.63) is 105 Å². The molecule has 0 radical (unpaired) electrons. The highest BCUT2D eigenvalue weighted by Crippen LogP contribution is 2.29. The lowest BCUT2D eigenvalue weighted by molar-refractivity contribution is 0.0727. The lowest BCUT2D eigenvalue weighted by atomic mass is 10.2. The monoisotopic (exact) mass is 571 g/mol. The number of aromatic amines is 1. The molecule has 4 N–H and O–H groups in total. The van der Waals surface area contributed by atoms with Crippen LogP contribution in [0.4, 0.5) is 17.5 Å². The van der Waals surface area contributed by atoms with Crippen LogP contribution in [0.2, 0.25) is 5.02 Å². The predicted molar refractivity (Wildman–Crippen MR) is 155 cm³/mol. The molecule has 1 aliphatic heterocycles. The molecule has 208 valence electrons. The molecule has 11 nitrogen and oxygen atoms in total. The first kappa shape index (κ1) is 26.4. The van der Waals surface area contributed by atoms with E-state index in [-0.39, 0.29) is 12.2 Å². The molecular weight excluding hydrogens is 546 g/mol. The molecule has 41 heavy (non-hydrogen) atoms. The number of para-hydroxylation sites is 1. The second-order valence-electron chi connectivity index (χ2n) is 9.42. The van der Waals surface area contributed by atoms with Gasteiger partial charge in [-0.15, -0.1) is 0 Å². The first-order valence-corrected chi connectivity index (χ1v) is 13.4. The summed E-state index contributed by atoms with van der Waals surface area (Å²) in [7, 11) is 0. The van der Waals surface area contributed by atoms with E-state index >= 15 is 0 Å². The van der Waals surface area contributed by atoms with Crippen LogP contribution in [-0.4, -0.2) is 36.9 Å². The van der Waals surface area contributed by atoms with Gasteiger partial charge in [-0.05, 0) is 61.0 Å². The van der Waals surface area contributed by atoms with Gasteiger partial charge in [0.25, 0.3) is 11.5 Å². The van der Waals surface area contributed by atoms with Crippen molar-refractivity contribution in [2.75, 3.05) is 10.2 Å². The fraction of sp³-hybridized carbons (Fsp3) is 0.172. The average molecular weight is 572 g/mol. The van der Waals surface area contributed by atoms with Gasteiger partial charge in [0.05, 0.1) is 10.9 Å². The van der Waals surface area contributed by atoms with Gasteiger partial charge in [0.15, 0.2) is 11.5 Å². The van der Waals surface area contributed by atoms with Crippen LogP contribution in [0, 0.1) is 0 Å². The minimum atomic E-state index is -1.23. The number of hydrogen-bond acceptors (Lipinski definition) is 8. The number of amides is 1. The molecule has 0 saturated carbocycles. The summed E-state index contributed by atoms with van der Waals surface area (Å²) >= 11 is 6.01. The zero-order valence-electron chi connectivity index (χ0n) is 22.0. The number of rotatable bonds is 8. The number of H-pyrrole nitrogens is 1. The van der Waals surface area contributed by atoms with Gasteiger partial charge in [-0.3, -0.25) is 14.6 Å². The molecule has 3 aromatic carbocycles. The molecule has 0 bridgehead atoms. The van der Waals surface area contributed by atoms with Crippen LogP contribution >= 0.6 is 11.6 Å². The zero-order chi connectivity index (χ0) is 28.5. The second-order valence-corrected chi connectivity index (χ2v) is 9.85. The Bertz CT molecular complexity index is 1780. The Labute approximate surface area is 239 Å². The molecule has 0 fully saturated rings. The number of aliphatic hydroxyl groups is 1. The number of aliphatic hydroxyl groups excluding tert-OH is 1. The van der Waals surface area contributed by atoms with Gasteiger partial charge < -0.3 is 29.9 Å². The quantitative estimate of drug-likeness (QED) is 0.218. The highest BCUT2D eigenvalue weighted by atomic mass is 35.5. The van der Waals surface area contributed by atoms with Crippen molar-refractivity contribution < 1.29 is 14.6 Å². The van der Waals surface area contributed by atoms with Gasteiger partial charge in [0, 0.05) is 23.8 Å². The Morgan fingerprint density at radius 2 is 1.78 bits per heavy atom. The van der Waals surface area contributed by atoms with E-state index in [1.54, 1.807) is 64.1 Å². The smallest absolute Gasteiger partial charge is 0.275 e. The highest BCUT2D eigenvalue weighted by molar-refractivity contribution is 6.30. The third kappa shape index (κ3) is 5.32. The van der Waals surface area contributed by atoms with Gasteiger partial charge in [-0.2, -0.15) is 0 Å². The molecule has 0 aliphatic carbocycles. The zero-order valence-corrected chi connectivity index (χ0v) is 22.7. The first-order valence-electron chi connectivity index (χ1n) is 13.0. The highest BCUT2D eigenvalue weighted by Gasteiger charge is 2.35. The van der Waals surface area contributed by atoms with E-state index in [0.717, 1.165) is 5.56 Å². The Morgan fingerprint density at radius 3 is 2.54 bits per heavy atom. The molecule has 1 unspecified atom stereocenters. The van der Waals surface area contributed by atoms with Crippen molar-refractivity contribution in [3.63, 3.8) is 0 Å². The summed E-state index contributed by atoms with van der Waals surface area (Å²) in [6, 6.07) is 21.6. The maximum Gasteiger partial charge on any atom is 0.275 e. The summed E-state index contributed by atoms with van der Waals surface area (Å²) in [5, 5.41) is 17.5. The van der Waals surface area contributed by atoms with Crippen LogP contribution in [0.3, 0.4) is 0 Å². The van der Waals surface area contributed by atoms with Crippen LogP contribution in [-0.2, 0) is 19.7 Å². The summed E-state index contributed by atoms with van der Waals surface area (Å²) in [5.41, 5.74) is 2.35. The number of anilines is 3. The van der Waals surface area contributed by atoms with Crippen LogP contribution < -0.4 is 25.8 Å². The number of halogens is 1. The van der Waals surface area contributed by atoms with Gasteiger partial charge in [-0.1, -0.05) is 35.9 Å². The molecule has 1 amide bonds. The number of nitrogens with one attached hydrogen (secondary N) is 3. The minimum Gasteiger partial charge on any atom is -0.486 e. The number of imidazole rings is 1. The van der Waals surface area contributed by atoms with Gasteiger partial charge >= 0.3 is 0 Å². The van der Waals surface area contributed by atoms with Crippen molar-refractivity contribution in [3.8, 4) is 5.75 Å². The van der Waals surface area contributed by atoms with Crippen molar-refractivity contribution in [2.24, 2.45) is 0 Å². The standard InChI is InChI=1S/C29H26ClN7O4/c1-2-36-23(33-25-24(36)27(39)35-29(40)37(25)15-17-7-9-18(30)10-8-17)16-41-20-13-11-19(12-14-20)31-28-32-22-6-4-3-5-21(22)26(38)34-28/h3-14,29,40H,2,15-16H2,1H3,(H,35,39)(H2,31,32,34,38). The normalized spacial score (nSPS) is 14.6. The van der Waals surface area contributed by atoms with Crippen LogP contribution in [0.1, 0.15) is 28.8 Å². The van der Waals surface area contributed by atoms with Crippen LogP contribution in [0.5, 0.6) is 5.75 Å². The Hall–Kier alpha value is -4.87. The maximum absolute atomic E-state index is 12.8. The van der Waals surface area contributed by atoms with E-state index in [4.69, 9.17) is 21.3 Å². The second kappa shape index (κ2) is 11.0. The molecule has 1 aliphatic rings. The van der Waals surface area contributed by atoms with Crippen molar-refractivity contribution in [1.82, 2.24) is 24.8 Å². The van der Waals surface area contributed by atoms with Crippen molar-refractivity contribution in [2.45, 2.75) is 33.0 Å². The number of aromatic nitrogens is 4. The largest absolute Gasteiger partial charge is 0.486 e. The summed E-state index contributed by atoms with van der Waals surface area (Å²) in [6.07, 6.45) is -1.23. The number of hydrogen-bond donors (Lipinski definition) is 4. The van der Waals surface area contributed by atoms with Gasteiger partial charge in [-0.25, -0.2) is 9.97 Å². The molecular formula is C29H26ClN7O4. The molecule has 12 heteroatoms. The topological polar surface area (TPSA) is 137 Å². The minimum absolute atomic E-state index is 0.103. The number of carbonyl (C=O) groups is 1. The van der Waals surface area contributed by atoms with E-state index < -0.39 is 12.3 Å². The third-order valence-corrected chi connectivity index (χ3v) is 7.00. The van der Waals surface area contributed by atoms with Gasteiger partial charge in [0.2, 0.25) is 12.3 Å². The lowest BCUT2D eigenvalue weighted by Gasteiger charge is -2.33. The molecule has 1 atom stereocenters. The summed E-state index contributed by atoms with van der Waals surface area (Å²) in [6.45, 7) is 2.82. The fourth-order valence-electron chi connectivity index (χ4n) is 4.75. The van der Waals surface area contributed by atoms with Crippen molar-refractivity contribution in [1.29, 1.82) is 0 Å². The van der Waals surface area contributed by atoms with Crippen LogP contribution in [0.15, 0.2) is 77.6 Å². The van der Waals surface area contributed by atoms with Crippen molar-refractivity contribution >= 4 is 45.9 Å². The van der Waals surface area contributed by atoms with Gasteiger partial charge in [0.1, 0.15) is 18.2 Å². The van der Waals surface area contributed by atoms with E-state index in [1.165, 1.54) is 0 Å². The third-order valence-electron chi connectivity index (χ3n) is 6.75. The number of ether oxygens (including phenoxy) is 1. The lowest BCUT2D eigenvalue weighted by Crippen LogP contribution is -2.53. The van der Waals surface area contributed by atoms with E-state index in [9.17, 15) is 14.7 Å². The molecule has 3 heterocycles. The number of nitrogens with zero attached hydrogens (tertiary/aromatic N) is 4. The SMILES string of the molecule is CCn1c(COc2ccc(Nc3nc4ccccc4c(=O)[nH]3)cc2)nc2c1C(=O)NC(O)N2Cc1ccc(Cl)cc1. The van der Waals surface area contributed by atoms with E-state index in [0.29, 0.717) is 63.7 Å². The summed E-state index contributed by atoms with van der Waals surface area (Å²) in [4.78, 5) is 38.7. The summed E-state index contributed by atoms with van der Waals surface area (Å²) < 4.78 is 7.79. The number of carbonyl (C=O) groups excluding carboxylic acids is 1. The van der Waals surface area contributed by atoms with E-state index in [1.807, 2.05) is 25.1 Å². The van der Waals surface area contributed by atoms with E-state index in [2.05, 4.69) is 20.6 Å². The predicted octanol–water partition coefficient (Wildman–Crippen LogP) is 4.14. The van der Waals surface area contributed by atoms with Crippen LogP contribution in [0.25, 0.3) is 10.9 Å². The number of fused-ring (bicyclic) bond motifs is 2. The molecule has 6 rings (SSSR count). The number of benzene rings is 3. The first-order chi connectivity index (χ1) is 19.9. The Kier molecular flexibility index (Phi) is 7.04. The molecule has 5 aromatic rings. The average Bonchev–Trinajstić information content (AvgIpc) is 3.35. The molecule has 0 spiro atoms. The summed E-state index contributed by atoms with van der Waals surface area (Å²) in [5.74, 6) is 1.44. The Balaban J connectivity index is 1.18. The molecule has 2 aromatic heterocycles. The Morgan fingerprint density at radius 1 is 1.02 bits per heavy atom.